The first-order valence-electron chi connectivity index (χ1n) is 9.10. The average Bonchev–Trinajstić information content (AvgIpc) is 3.29. The Hall–Kier alpha value is -1.82. The smallest absolute Gasteiger partial charge is 0.173 e. The van der Waals surface area contributed by atoms with Gasteiger partial charge in [0.1, 0.15) is 5.82 Å². The van der Waals surface area contributed by atoms with Crippen LogP contribution in [0.2, 0.25) is 0 Å². The fourth-order valence-corrected chi connectivity index (χ4v) is 4.13. The molecule has 2 aliphatic rings. The van der Waals surface area contributed by atoms with Crippen LogP contribution in [0.3, 0.4) is 0 Å². The number of aromatic nitrogens is 4. The Bertz CT molecular complexity index is 656. The summed E-state index contributed by atoms with van der Waals surface area (Å²) in [4.78, 5) is 2.45. The van der Waals surface area contributed by atoms with Crippen LogP contribution < -0.4 is 0 Å². The summed E-state index contributed by atoms with van der Waals surface area (Å²) in [5, 5.41) is 12.7. The predicted molar refractivity (Wildman–Crippen MR) is 89.0 cm³/mol. The number of likely N-dealkylation sites (tertiary alicyclic amines) is 1. The first-order chi connectivity index (χ1) is 11.8. The van der Waals surface area contributed by atoms with Gasteiger partial charge in [0.15, 0.2) is 5.82 Å². The number of halogens is 1. The number of tetrazole rings is 1. The largest absolute Gasteiger partial charge is 0.290 e. The molecule has 0 amide bonds. The van der Waals surface area contributed by atoms with E-state index in [4.69, 9.17) is 0 Å². The third-order valence-corrected chi connectivity index (χ3v) is 5.37. The van der Waals surface area contributed by atoms with E-state index in [2.05, 4.69) is 20.4 Å². The van der Waals surface area contributed by atoms with Crippen molar-refractivity contribution in [2.45, 2.75) is 57.0 Å². The van der Waals surface area contributed by atoms with E-state index in [1.807, 2.05) is 16.8 Å². The fourth-order valence-electron chi connectivity index (χ4n) is 4.13. The molecule has 2 aromatic rings. The second kappa shape index (κ2) is 6.97. The molecule has 6 heteroatoms. The quantitative estimate of drug-likeness (QED) is 0.861. The maximum Gasteiger partial charge on any atom is 0.173 e. The Morgan fingerprint density at radius 1 is 0.958 bits per heavy atom. The predicted octanol–water partition coefficient (Wildman–Crippen LogP) is 3.50. The number of benzene rings is 1. The molecule has 2 heterocycles. The lowest BCUT2D eigenvalue weighted by Gasteiger charge is -2.34. The van der Waals surface area contributed by atoms with Crippen molar-refractivity contribution in [3.63, 3.8) is 0 Å². The Morgan fingerprint density at radius 3 is 2.38 bits per heavy atom. The van der Waals surface area contributed by atoms with Crippen LogP contribution in [0.4, 0.5) is 4.39 Å². The SMILES string of the molecule is Fc1ccc([C@H](c2nnnn2C2CCCC2)N2CCCCC2)cc1. The van der Waals surface area contributed by atoms with Gasteiger partial charge in [-0.1, -0.05) is 31.4 Å². The van der Waals surface area contributed by atoms with Gasteiger partial charge in [-0.2, -0.15) is 0 Å². The lowest BCUT2D eigenvalue weighted by Crippen LogP contribution is -2.36. The molecule has 0 spiro atoms. The van der Waals surface area contributed by atoms with Crippen LogP contribution in [0, 0.1) is 5.82 Å². The van der Waals surface area contributed by atoms with Crippen LogP contribution >= 0.6 is 0 Å². The minimum Gasteiger partial charge on any atom is -0.290 e. The summed E-state index contributed by atoms with van der Waals surface area (Å²) < 4.78 is 15.4. The zero-order valence-electron chi connectivity index (χ0n) is 13.9. The molecule has 2 fully saturated rings. The summed E-state index contributed by atoms with van der Waals surface area (Å²) in [6, 6.07) is 7.25. The minimum absolute atomic E-state index is 0.0153. The number of hydrogen-bond donors (Lipinski definition) is 0. The molecule has 0 N–H and O–H groups in total. The Kier molecular flexibility index (Phi) is 4.56. The number of piperidine rings is 1. The highest BCUT2D eigenvalue weighted by molar-refractivity contribution is 5.25. The van der Waals surface area contributed by atoms with Crippen LogP contribution in [-0.4, -0.2) is 38.2 Å². The molecule has 24 heavy (non-hydrogen) atoms. The summed E-state index contributed by atoms with van der Waals surface area (Å²) in [5.41, 5.74) is 1.08. The van der Waals surface area contributed by atoms with E-state index in [0.717, 1.165) is 37.3 Å². The van der Waals surface area contributed by atoms with Crippen LogP contribution in [-0.2, 0) is 0 Å². The molecule has 1 aliphatic heterocycles. The second-order valence-electron chi connectivity index (χ2n) is 6.97. The van der Waals surface area contributed by atoms with Gasteiger partial charge < -0.3 is 0 Å². The molecule has 0 bridgehead atoms. The maximum atomic E-state index is 13.4. The van der Waals surface area contributed by atoms with E-state index in [1.54, 1.807) is 0 Å². The highest BCUT2D eigenvalue weighted by Gasteiger charge is 2.31. The zero-order chi connectivity index (χ0) is 16.4. The van der Waals surface area contributed by atoms with Crippen LogP contribution in [0.15, 0.2) is 24.3 Å². The Balaban J connectivity index is 1.72. The summed E-state index contributed by atoms with van der Waals surface area (Å²) in [5.74, 6) is 0.710. The van der Waals surface area contributed by atoms with Gasteiger partial charge >= 0.3 is 0 Å². The number of nitrogens with zero attached hydrogens (tertiary/aromatic N) is 5. The van der Waals surface area contributed by atoms with E-state index in [0.29, 0.717) is 6.04 Å². The molecule has 0 radical (unpaired) electrons. The standard InChI is InChI=1S/C18H24FN5/c19-15-10-8-14(9-11-15)17(23-12-4-1-5-13-23)18-20-21-22-24(18)16-6-2-3-7-16/h8-11,16-17H,1-7,12-13H2/t17-/m1/s1. The fraction of sp³-hybridized carbons (Fsp3) is 0.611. The zero-order valence-corrected chi connectivity index (χ0v) is 13.9. The van der Waals surface area contributed by atoms with Gasteiger partial charge in [-0.3, -0.25) is 4.90 Å². The molecule has 1 aliphatic carbocycles. The summed E-state index contributed by atoms with van der Waals surface area (Å²) in [6.07, 6.45) is 8.46. The van der Waals surface area contributed by atoms with E-state index < -0.39 is 0 Å². The molecule has 1 aromatic heterocycles. The van der Waals surface area contributed by atoms with Crippen molar-refractivity contribution in [2.24, 2.45) is 0 Å². The molecular weight excluding hydrogens is 305 g/mol. The lowest BCUT2D eigenvalue weighted by molar-refractivity contribution is 0.175. The Labute approximate surface area is 141 Å². The van der Waals surface area contributed by atoms with Crippen molar-refractivity contribution in [3.8, 4) is 0 Å². The van der Waals surface area contributed by atoms with Gasteiger partial charge in [0, 0.05) is 0 Å². The third-order valence-electron chi connectivity index (χ3n) is 5.37. The first kappa shape index (κ1) is 15.7. The van der Waals surface area contributed by atoms with Crippen molar-refractivity contribution in [2.75, 3.05) is 13.1 Å². The van der Waals surface area contributed by atoms with E-state index >= 15 is 0 Å². The van der Waals surface area contributed by atoms with Crippen molar-refractivity contribution >= 4 is 0 Å². The molecule has 5 nitrogen and oxygen atoms in total. The normalized spacial score (nSPS) is 21.2. The van der Waals surface area contributed by atoms with Gasteiger partial charge in [0.25, 0.3) is 0 Å². The van der Waals surface area contributed by atoms with Gasteiger partial charge in [-0.25, -0.2) is 9.07 Å². The second-order valence-corrected chi connectivity index (χ2v) is 6.97. The summed E-state index contributed by atoms with van der Waals surface area (Å²) in [7, 11) is 0. The molecule has 1 saturated heterocycles. The van der Waals surface area contributed by atoms with Gasteiger partial charge in [-0.05, 0) is 66.9 Å². The maximum absolute atomic E-state index is 13.4. The molecule has 1 saturated carbocycles. The summed E-state index contributed by atoms with van der Waals surface area (Å²) >= 11 is 0. The first-order valence-corrected chi connectivity index (χ1v) is 9.10. The average molecular weight is 329 g/mol. The van der Waals surface area contributed by atoms with Crippen molar-refractivity contribution in [3.05, 3.63) is 41.5 Å². The van der Waals surface area contributed by atoms with Crippen molar-refractivity contribution < 1.29 is 4.39 Å². The van der Waals surface area contributed by atoms with Gasteiger partial charge in [0.05, 0.1) is 12.1 Å². The molecule has 4 rings (SSSR count). The monoisotopic (exact) mass is 329 g/mol. The highest BCUT2D eigenvalue weighted by atomic mass is 19.1. The van der Waals surface area contributed by atoms with Crippen LogP contribution in [0.1, 0.15) is 68.4 Å². The molecule has 0 unspecified atom stereocenters. The summed E-state index contributed by atoms with van der Waals surface area (Å²) in [6.45, 7) is 2.08. The van der Waals surface area contributed by atoms with E-state index in [9.17, 15) is 4.39 Å². The molecule has 128 valence electrons. The van der Waals surface area contributed by atoms with Gasteiger partial charge in [-0.15, -0.1) is 5.10 Å². The highest BCUT2D eigenvalue weighted by Crippen LogP contribution is 2.35. The van der Waals surface area contributed by atoms with E-state index in [-0.39, 0.29) is 11.9 Å². The van der Waals surface area contributed by atoms with Crippen molar-refractivity contribution in [1.82, 2.24) is 25.1 Å². The number of hydrogen-bond acceptors (Lipinski definition) is 4. The molecule has 1 atom stereocenters. The van der Waals surface area contributed by atoms with Crippen LogP contribution in [0.25, 0.3) is 0 Å². The van der Waals surface area contributed by atoms with Gasteiger partial charge in [0.2, 0.25) is 0 Å². The Morgan fingerprint density at radius 2 is 1.67 bits per heavy atom. The third kappa shape index (κ3) is 3.07. The molecular formula is C18H24FN5. The number of rotatable bonds is 4. The minimum atomic E-state index is -0.202. The van der Waals surface area contributed by atoms with Crippen LogP contribution in [0.5, 0.6) is 0 Å². The van der Waals surface area contributed by atoms with E-state index in [1.165, 1.54) is 44.2 Å². The molecule has 1 aromatic carbocycles. The topological polar surface area (TPSA) is 46.8 Å². The lowest BCUT2D eigenvalue weighted by atomic mass is 10.0. The van der Waals surface area contributed by atoms with Crippen molar-refractivity contribution in [1.29, 1.82) is 0 Å².